The summed E-state index contributed by atoms with van der Waals surface area (Å²) >= 11 is 0. The number of ether oxygens (including phenoxy) is 3. The van der Waals surface area contributed by atoms with E-state index in [1.165, 1.54) is 6.08 Å². The van der Waals surface area contributed by atoms with Crippen LogP contribution in [0.3, 0.4) is 0 Å². The van der Waals surface area contributed by atoms with Crippen LogP contribution in [0.15, 0.2) is 23.9 Å². The first-order chi connectivity index (χ1) is 11.1. The molecule has 2 fully saturated rings. The van der Waals surface area contributed by atoms with Gasteiger partial charge in [-0.05, 0) is 32.2 Å². The van der Waals surface area contributed by atoms with Crippen LogP contribution >= 0.6 is 0 Å². The maximum absolute atomic E-state index is 12.1. The molecule has 2 heterocycles. The summed E-state index contributed by atoms with van der Waals surface area (Å²) in [7, 11) is 0. The van der Waals surface area contributed by atoms with Crippen LogP contribution in [0.1, 0.15) is 13.8 Å². The summed E-state index contributed by atoms with van der Waals surface area (Å²) in [6.07, 6.45) is 2.65. The fraction of sp³-hybridized carbons (Fsp3) is 0.625. The van der Waals surface area contributed by atoms with Crippen molar-refractivity contribution in [1.82, 2.24) is 4.90 Å². The van der Waals surface area contributed by atoms with Crippen LogP contribution in [0.2, 0.25) is 0 Å². The second kappa shape index (κ2) is 8.11. The van der Waals surface area contributed by atoms with Crippen molar-refractivity contribution >= 4 is 5.97 Å². The molecule has 23 heavy (non-hydrogen) atoms. The molecule has 126 valence electrons. The van der Waals surface area contributed by atoms with E-state index in [-0.39, 0.29) is 18.8 Å². The molecule has 0 spiro atoms. The fourth-order valence-corrected chi connectivity index (χ4v) is 2.59. The Morgan fingerprint density at radius 1 is 1.35 bits per heavy atom. The third kappa shape index (κ3) is 4.10. The lowest BCUT2D eigenvalue weighted by atomic mass is 10.1. The highest BCUT2D eigenvalue weighted by Gasteiger charge is 2.49. The van der Waals surface area contributed by atoms with Crippen molar-refractivity contribution in [3.05, 3.63) is 23.9 Å². The minimum Gasteiger partial charge on any atom is -0.453 e. The number of carbonyl (C=O) groups excluding carboxylic acids is 1. The molecule has 0 aromatic heterocycles. The Labute approximate surface area is 135 Å². The molecule has 0 amide bonds. The van der Waals surface area contributed by atoms with Crippen molar-refractivity contribution in [2.24, 2.45) is 0 Å². The summed E-state index contributed by atoms with van der Waals surface area (Å²) in [5, 5.41) is 18.8. The Morgan fingerprint density at radius 3 is 2.70 bits per heavy atom. The van der Waals surface area contributed by atoms with E-state index >= 15 is 0 Å². The molecule has 0 saturated carbocycles. The molecule has 4 atom stereocenters. The first-order valence-corrected chi connectivity index (χ1v) is 7.75. The van der Waals surface area contributed by atoms with Crippen LogP contribution in [0.25, 0.3) is 0 Å². The van der Waals surface area contributed by atoms with Gasteiger partial charge in [0.1, 0.15) is 30.0 Å². The number of nitriles is 1. The number of hydrogen-bond donors (Lipinski definition) is 1. The second-order valence-corrected chi connectivity index (χ2v) is 5.36. The van der Waals surface area contributed by atoms with Gasteiger partial charge in [-0.1, -0.05) is 0 Å². The standard InChI is InChI=1S/C16H22N2O5/c1-3-18(4-2)7-5-6-11(8-17)16(20)23-13-10-22-14-12(19)9-21-15(13)14/h5-7,12-15,19H,3-4,9-10H2,1-2H3/b7-5+,11-6+/t12-,13+,14?,15?/m0/s1. The summed E-state index contributed by atoms with van der Waals surface area (Å²) in [6, 6.07) is 1.84. The molecule has 2 saturated heterocycles. The van der Waals surface area contributed by atoms with Crippen LogP contribution < -0.4 is 0 Å². The van der Waals surface area contributed by atoms with Gasteiger partial charge in [-0.2, -0.15) is 5.26 Å². The normalized spacial score (nSPS) is 30.3. The highest BCUT2D eigenvalue weighted by molar-refractivity contribution is 5.93. The van der Waals surface area contributed by atoms with E-state index in [2.05, 4.69) is 0 Å². The van der Waals surface area contributed by atoms with Gasteiger partial charge in [0.25, 0.3) is 0 Å². The predicted octanol–water partition coefficient (Wildman–Crippen LogP) is 0.362. The lowest BCUT2D eigenvalue weighted by Crippen LogP contribution is -2.34. The smallest absolute Gasteiger partial charge is 0.349 e. The number of rotatable bonds is 6. The molecule has 0 radical (unpaired) electrons. The molecule has 2 unspecified atom stereocenters. The zero-order chi connectivity index (χ0) is 16.8. The number of fused-ring (bicyclic) bond motifs is 1. The van der Waals surface area contributed by atoms with Crippen molar-refractivity contribution in [3.8, 4) is 6.07 Å². The van der Waals surface area contributed by atoms with E-state index in [4.69, 9.17) is 19.5 Å². The largest absolute Gasteiger partial charge is 0.453 e. The molecule has 2 aliphatic heterocycles. The Morgan fingerprint density at radius 2 is 2.04 bits per heavy atom. The predicted molar refractivity (Wildman–Crippen MR) is 81.1 cm³/mol. The quantitative estimate of drug-likeness (QED) is 0.327. The molecule has 7 nitrogen and oxygen atoms in total. The Balaban J connectivity index is 1.94. The van der Waals surface area contributed by atoms with Gasteiger partial charge >= 0.3 is 5.97 Å². The third-order valence-electron chi connectivity index (χ3n) is 3.95. The second-order valence-electron chi connectivity index (χ2n) is 5.36. The molecule has 0 aliphatic carbocycles. The summed E-state index contributed by atoms with van der Waals surface area (Å²) < 4.78 is 16.1. The minimum atomic E-state index is -0.712. The minimum absolute atomic E-state index is 0.0876. The van der Waals surface area contributed by atoms with Gasteiger partial charge < -0.3 is 24.2 Å². The summed E-state index contributed by atoms with van der Waals surface area (Å²) in [5.41, 5.74) is -0.0876. The number of aliphatic hydroxyl groups is 1. The lowest BCUT2D eigenvalue weighted by Gasteiger charge is -2.16. The molecule has 0 bridgehead atoms. The van der Waals surface area contributed by atoms with Gasteiger partial charge in [0.15, 0.2) is 6.10 Å². The summed E-state index contributed by atoms with van der Waals surface area (Å²) in [4.78, 5) is 14.1. The zero-order valence-corrected chi connectivity index (χ0v) is 13.3. The van der Waals surface area contributed by atoms with Crippen molar-refractivity contribution in [1.29, 1.82) is 5.26 Å². The Kier molecular flexibility index (Phi) is 6.16. The third-order valence-corrected chi connectivity index (χ3v) is 3.95. The summed E-state index contributed by atoms with van der Waals surface area (Å²) in [6.45, 7) is 6.04. The molecule has 0 aromatic rings. The Hall–Kier alpha value is -1.88. The summed E-state index contributed by atoms with van der Waals surface area (Å²) in [5.74, 6) is -0.712. The van der Waals surface area contributed by atoms with Crippen molar-refractivity contribution in [3.63, 3.8) is 0 Å². The van der Waals surface area contributed by atoms with E-state index < -0.39 is 30.4 Å². The maximum atomic E-state index is 12.1. The molecule has 2 rings (SSSR count). The fourth-order valence-electron chi connectivity index (χ4n) is 2.59. The zero-order valence-electron chi connectivity index (χ0n) is 13.3. The van der Waals surface area contributed by atoms with E-state index in [0.29, 0.717) is 0 Å². The van der Waals surface area contributed by atoms with Gasteiger partial charge in [-0.15, -0.1) is 0 Å². The van der Waals surface area contributed by atoms with Crippen LogP contribution in [-0.2, 0) is 19.0 Å². The molecular formula is C16H22N2O5. The Bertz CT molecular complexity index is 521. The van der Waals surface area contributed by atoms with Crippen molar-refractivity contribution < 1.29 is 24.1 Å². The van der Waals surface area contributed by atoms with Crippen LogP contribution in [0.4, 0.5) is 0 Å². The van der Waals surface area contributed by atoms with E-state index in [1.54, 1.807) is 6.08 Å². The van der Waals surface area contributed by atoms with E-state index in [9.17, 15) is 9.90 Å². The average Bonchev–Trinajstić information content (AvgIpc) is 3.11. The maximum Gasteiger partial charge on any atom is 0.349 e. The molecule has 2 aliphatic rings. The van der Waals surface area contributed by atoms with Gasteiger partial charge in [0.05, 0.1) is 13.2 Å². The molecule has 7 heteroatoms. The number of nitrogens with zero attached hydrogens (tertiary/aromatic N) is 2. The van der Waals surface area contributed by atoms with Crippen molar-refractivity contribution in [2.45, 2.75) is 38.3 Å². The number of carbonyl (C=O) groups is 1. The van der Waals surface area contributed by atoms with Gasteiger partial charge in [-0.3, -0.25) is 0 Å². The topological polar surface area (TPSA) is 92.0 Å². The molecular weight excluding hydrogens is 300 g/mol. The first-order valence-electron chi connectivity index (χ1n) is 7.75. The van der Waals surface area contributed by atoms with Gasteiger partial charge in [0.2, 0.25) is 0 Å². The SMILES string of the molecule is CCN(/C=C/C=C(\C#N)C(=O)O[C@@H]1COC2C1OC[C@@H]2O)CC. The van der Waals surface area contributed by atoms with Gasteiger partial charge in [0, 0.05) is 13.1 Å². The highest BCUT2D eigenvalue weighted by Crippen LogP contribution is 2.29. The van der Waals surface area contributed by atoms with E-state index in [0.717, 1.165) is 13.1 Å². The number of esters is 1. The lowest BCUT2D eigenvalue weighted by molar-refractivity contribution is -0.148. The molecule has 1 N–H and O–H groups in total. The van der Waals surface area contributed by atoms with Crippen LogP contribution in [0.5, 0.6) is 0 Å². The monoisotopic (exact) mass is 322 g/mol. The van der Waals surface area contributed by atoms with Crippen molar-refractivity contribution in [2.75, 3.05) is 26.3 Å². The van der Waals surface area contributed by atoms with Gasteiger partial charge in [-0.25, -0.2) is 4.79 Å². The van der Waals surface area contributed by atoms with E-state index in [1.807, 2.05) is 31.0 Å². The van der Waals surface area contributed by atoms with Crippen LogP contribution in [-0.4, -0.2) is 66.7 Å². The van der Waals surface area contributed by atoms with Crippen LogP contribution in [0, 0.1) is 11.3 Å². The first kappa shape index (κ1) is 17.5. The average molecular weight is 322 g/mol. The highest BCUT2D eigenvalue weighted by atomic mass is 16.6. The number of aliphatic hydroxyl groups excluding tert-OH is 1. The number of hydrogen-bond acceptors (Lipinski definition) is 7. The number of allylic oxidation sites excluding steroid dienone is 2. The molecule has 0 aromatic carbocycles.